The van der Waals surface area contributed by atoms with Gasteiger partial charge in [0.2, 0.25) is 11.8 Å². The number of likely N-dealkylation sites (tertiary alicyclic amines) is 1. The Bertz CT molecular complexity index is 1800. The van der Waals surface area contributed by atoms with Gasteiger partial charge in [0.05, 0.1) is 23.2 Å². The van der Waals surface area contributed by atoms with E-state index in [1.54, 1.807) is 11.0 Å². The third-order valence-corrected chi connectivity index (χ3v) is 10.5. The van der Waals surface area contributed by atoms with Crippen LogP contribution < -0.4 is 4.90 Å². The lowest BCUT2D eigenvalue weighted by Gasteiger charge is -2.29. The lowest BCUT2D eigenvalue weighted by atomic mass is 9.85. The SMILES string of the molecule is Cn1cnc(-c2ccc(C3=CCN(C(=O)CN4CCC5(CCN(c6ccc7[nH]nc(C8CCOCC8)c7c6)C5=O)C4)CC3)cc2)n1. The van der Waals surface area contributed by atoms with Gasteiger partial charge in [-0.25, -0.2) is 4.98 Å². The summed E-state index contributed by atoms with van der Waals surface area (Å²) < 4.78 is 7.26. The molecule has 0 aliphatic carbocycles. The third-order valence-electron chi connectivity index (χ3n) is 10.5. The van der Waals surface area contributed by atoms with Crippen LogP contribution in [-0.2, 0) is 21.4 Å². The number of hydrogen-bond acceptors (Lipinski definition) is 7. The zero-order valence-corrected chi connectivity index (χ0v) is 26.3. The Morgan fingerprint density at radius 1 is 1.04 bits per heavy atom. The predicted molar refractivity (Wildman–Crippen MR) is 175 cm³/mol. The van der Waals surface area contributed by atoms with Gasteiger partial charge in [-0.15, -0.1) is 0 Å². The molecule has 8 rings (SSSR count). The molecule has 1 unspecified atom stereocenters. The fourth-order valence-electron chi connectivity index (χ4n) is 7.77. The Morgan fingerprint density at radius 3 is 2.61 bits per heavy atom. The number of nitrogens with zero attached hydrogens (tertiary/aromatic N) is 7. The summed E-state index contributed by atoms with van der Waals surface area (Å²) in [5.41, 5.74) is 6.04. The summed E-state index contributed by atoms with van der Waals surface area (Å²) in [6.07, 6.45) is 8.25. The first-order valence-electron chi connectivity index (χ1n) is 16.5. The van der Waals surface area contributed by atoms with E-state index in [2.05, 4.69) is 61.6 Å². The van der Waals surface area contributed by atoms with Crippen LogP contribution in [0.5, 0.6) is 0 Å². The standard InChI is InChI=1S/C35H40N8O3/c1-40-23-36-33(39-40)27-4-2-24(3-5-27)25-8-14-42(15-9-25)31(44)21-41-16-12-35(22-41)13-17-43(34(35)45)28-6-7-30-29(20-28)32(38-37-30)26-10-18-46-19-11-26/h2-8,20,23,26H,9-19,21-22H2,1H3,(H,37,38). The average Bonchev–Trinajstić information content (AvgIpc) is 3.89. The van der Waals surface area contributed by atoms with Gasteiger partial charge in [-0.2, -0.15) is 10.2 Å². The first kappa shape index (κ1) is 29.1. The number of anilines is 1. The summed E-state index contributed by atoms with van der Waals surface area (Å²) in [6.45, 7) is 5.31. The number of nitrogens with one attached hydrogen (secondary N) is 1. The molecule has 0 radical (unpaired) electrons. The Kier molecular flexibility index (Phi) is 7.45. The second kappa shape index (κ2) is 11.8. The Morgan fingerprint density at radius 2 is 1.85 bits per heavy atom. The maximum atomic E-state index is 13.9. The molecule has 4 aromatic rings. The van der Waals surface area contributed by atoms with Crippen LogP contribution in [-0.4, -0.2) is 99.1 Å². The smallest absolute Gasteiger partial charge is 0.237 e. The van der Waals surface area contributed by atoms with Crippen molar-refractivity contribution < 1.29 is 14.3 Å². The minimum absolute atomic E-state index is 0.136. The molecule has 1 spiro atoms. The van der Waals surface area contributed by atoms with E-state index in [4.69, 9.17) is 4.74 Å². The number of rotatable bonds is 6. The van der Waals surface area contributed by atoms with Gasteiger partial charge in [0.1, 0.15) is 6.33 Å². The number of carbonyl (C=O) groups excluding carboxylic acids is 2. The molecule has 46 heavy (non-hydrogen) atoms. The van der Waals surface area contributed by atoms with E-state index in [1.807, 2.05) is 29.0 Å². The van der Waals surface area contributed by atoms with Crippen molar-refractivity contribution in [2.45, 2.75) is 38.0 Å². The van der Waals surface area contributed by atoms with Gasteiger partial charge >= 0.3 is 0 Å². The zero-order valence-electron chi connectivity index (χ0n) is 26.3. The number of amides is 2. The van der Waals surface area contributed by atoms with Gasteiger partial charge in [-0.05, 0) is 68.0 Å². The molecule has 6 heterocycles. The van der Waals surface area contributed by atoms with Gasteiger partial charge in [-0.1, -0.05) is 30.3 Å². The fraction of sp³-hybridized carbons (Fsp3) is 0.457. The average molecular weight is 621 g/mol. The molecule has 1 atom stereocenters. The van der Waals surface area contributed by atoms with Crippen LogP contribution in [0.15, 0.2) is 54.9 Å². The number of ether oxygens (including phenoxy) is 1. The van der Waals surface area contributed by atoms with Crippen LogP contribution >= 0.6 is 0 Å². The van der Waals surface area contributed by atoms with Crippen molar-refractivity contribution in [2.24, 2.45) is 12.5 Å². The summed E-state index contributed by atoms with van der Waals surface area (Å²) in [7, 11) is 1.86. The third kappa shape index (κ3) is 5.31. The summed E-state index contributed by atoms with van der Waals surface area (Å²) in [6, 6.07) is 14.5. The van der Waals surface area contributed by atoms with Gasteiger partial charge in [0, 0.05) is 69.0 Å². The number of benzene rings is 2. The lowest BCUT2D eigenvalue weighted by molar-refractivity contribution is -0.132. The summed E-state index contributed by atoms with van der Waals surface area (Å²) >= 11 is 0. The second-order valence-electron chi connectivity index (χ2n) is 13.3. The van der Waals surface area contributed by atoms with E-state index in [1.165, 1.54) is 11.1 Å². The number of carbonyl (C=O) groups is 2. The van der Waals surface area contributed by atoms with Crippen molar-refractivity contribution in [1.29, 1.82) is 0 Å². The predicted octanol–water partition coefficient (Wildman–Crippen LogP) is 4.00. The van der Waals surface area contributed by atoms with Crippen molar-refractivity contribution in [3.63, 3.8) is 0 Å². The monoisotopic (exact) mass is 620 g/mol. The largest absolute Gasteiger partial charge is 0.381 e. The number of hydrogen-bond donors (Lipinski definition) is 1. The highest BCUT2D eigenvalue weighted by Gasteiger charge is 2.51. The highest BCUT2D eigenvalue weighted by Crippen LogP contribution is 2.43. The van der Waals surface area contributed by atoms with E-state index in [0.29, 0.717) is 38.6 Å². The molecule has 3 saturated heterocycles. The van der Waals surface area contributed by atoms with Crippen LogP contribution in [0, 0.1) is 5.41 Å². The molecule has 4 aliphatic heterocycles. The maximum absolute atomic E-state index is 13.9. The molecule has 3 fully saturated rings. The van der Waals surface area contributed by atoms with E-state index >= 15 is 0 Å². The van der Waals surface area contributed by atoms with E-state index in [9.17, 15) is 9.59 Å². The van der Waals surface area contributed by atoms with Crippen molar-refractivity contribution >= 4 is 34.0 Å². The van der Waals surface area contributed by atoms with Crippen molar-refractivity contribution in [2.75, 3.05) is 57.4 Å². The van der Waals surface area contributed by atoms with Crippen LogP contribution in [0.25, 0.3) is 27.9 Å². The molecule has 2 aromatic heterocycles. The van der Waals surface area contributed by atoms with Gasteiger partial charge in [0.25, 0.3) is 0 Å². The Balaban J connectivity index is 0.882. The van der Waals surface area contributed by atoms with Crippen LogP contribution in [0.1, 0.15) is 49.3 Å². The quantitative estimate of drug-likeness (QED) is 0.347. The van der Waals surface area contributed by atoms with E-state index in [0.717, 1.165) is 85.5 Å². The molecule has 0 saturated carbocycles. The number of aryl methyl sites for hydroxylation is 1. The van der Waals surface area contributed by atoms with Crippen LogP contribution in [0.3, 0.4) is 0 Å². The van der Waals surface area contributed by atoms with E-state index < -0.39 is 5.41 Å². The molecule has 238 valence electrons. The molecule has 11 nitrogen and oxygen atoms in total. The minimum Gasteiger partial charge on any atom is -0.381 e. The zero-order chi connectivity index (χ0) is 31.3. The summed E-state index contributed by atoms with van der Waals surface area (Å²) in [5, 5.41) is 13.3. The van der Waals surface area contributed by atoms with Gasteiger partial charge < -0.3 is 14.5 Å². The normalized spacial score (nSPS) is 22.8. The van der Waals surface area contributed by atoms with Crippen LogP contribution in [0.4, 0.5) is 5.69 Å². The molecular weight excluding hydrogens is 580 g/mol. The van der Waals surface area contributed by atoms with Crippen LogP contribution in [0.2, 0.25) is 0 Å². The highest BCUT2D eigenvalue weighted by molar-refractivity contribution is 6.02. The molecule has 11 heteroatoms. The molecule has 0 bridgehead atoms. The maximum Gasteiger partial charge on any atom is 0.237 e. The minimum atomic E-state index is -0.416. The highest BCUT2D eigenvalue weighted by atomic mass is 16.5. The summed E-state index contributed by atoms with van der Waals surface area (Å²) in [5.74, 6) is 1.42. The molecule has 4 aliphatic rings. The second-order valence-corrected chi connectivity index (χ2v) is 13.3. The van der Waals surface area contributed by atoms with Gasteiger partial charge in [0.15, 0.2) is 5.82 Å². The number of H-pyrrole nitrogens is 1. The molecule has 1 N–H and O–H groups in total. The summed E-state index contributed by atoms with van der Waals surface area (Å²) in [4.78, 5) is 37.7. The van der Waals surface area contributed by atoms with Crippen molar-refractivity contribution in [3.05, 3.63) is 66.1 Å². The Hall–Kier alpha value is -4.35. The first-order chi connectivity index (χ1) is 22.5. The molecule has 2 aromatic carbocycles. The topological polar surface area (TPSA) is 112 Å². The Labute approximate surface area is 268 Å². The first-order valence-corrected chi connectivity index (χ1v) is 16.5. The fourth-order valence-corrected chi connectivity index (χ4v) is 7.77. The molecule has 2 amide bonds. The van der Waals surface area contributed by atoms with E-state index in [-0.39, 0.29) is 11.8 Å². The number of aromatic amines is 1. The van der Waals surface area contributed by atoms with Crippen molar-refractivity contribution in [1.82, 2.24) is 34.8 Å². The van der Waals surface area contributed by atoms with Gasteiger partial charge in [-0.3, -0.25) is 24.3 Å². The number of fused-ring (bicyclic) bond motifs is 1. The van der Waals surface area contributed by atoms with Crippen molar-refractivity contribution in [3.8, 4) is 11.4 Å². The lowest BCUT2D eigenvalue weighted by Crippen LogP contribution is -2.43. The molecular formula is C35H40N8O3. The number of aromatic nitrogens is 5.